The van der Waals surface area contributed by atoms with Gasteiger partial charge in [0.15, 0.2) is 35.1 Å². The van der Waals surface area contributed by atoms with Crippen LogP contribution in [0.15, 0.2) is 30.6 Å². The van der Waals surface area contributed by atoms with Crippen LogP contribution in [0.2, 0.25) is 0 Å². The summed E-state index contributed by atoms with van der Waals surface area (Å²) >= 11 is 0. The van der Waals surface area contributed by atoms with E-state index in [1.54, 1.807) is 11.6 Å². The maximum Gasteiger partial charge on any atom is 0.357 e. The molecule has 1 aliphatic heterocycles. The van der Waals surface area contributed by atoms with Crippen molar-refractivity contribution in [2.24, 2.45) is 7.05 Å². The molecule has 5 heterocycles. The molecule has 0 radical (unpaired) electrons. The van der Waals surface area contributed by atoms with Gasteiger partial charge in [-0.1, -0.05) is 0 Å². The van der Waals surface area contributed by atoms with Gasteiger partial charge in [0.2, 0.25) is 0 Å². The number of hydrogen-bond acceptors (Lipinski definition) is 8. The summed E-state index contributed by atoms with van der Waals surface area (Å²) in [5.41, 5.74) is 3.64. The van der Waals surface area contributed by atoms with Crippen LogP contribution < -0.4 is 9.47 Å². The molecule has 2 aliphatic rings. The van der Waals surface area contributed by atoms with Crippen LogP contribution in [0.25, 0.3) is 28.5 Å². The molecule has 192 valence electrons. The lowest BCUT2D eigenvalue weighted by Crippen LogP contribution is -2.37. The third kappa shape index (κ3) is 4.33. The zero-order valence-corrected chi connectivity index (χ0v) is 21.4. The Morgan fingerprint density at radius 3 is 2.57 bits per heavy atom. The SMILES string of the molecule is CCOC(=O)c1cc(C2CC2)nn1-c1nc(N2CCOCC2)c2nc(-c3cc[n+](C)cc3)n(CC)c2n1. The number of fused-ring (bicyclic) bond motifs is 1. The molecular weight excluding hydrogens is 472 g/mol. The van der Waals surface area contributed by atoms with Gasteiger partial charge in [-0.3, -0.25) is 0 Å². The minimum atomic E-state index is -0.430. The molecule has 4 aromatic rings. The van der Waals surface area contributed by atoms with Crippen molar-refractivity contribution < 1.29 is 18.8 Å². The predicted molar refractivity (Wildman–Crippen MR) is 136 cm³/mol. The summed E-state index contributed by atoms with van der Waals surface area (Å²) in [6.07, 6.45) is 6.14. The van der Waals surface area contributed by atoms with E-state index in [0.29, 0.717) is 56.1 Å². The Bertz CT molecular complexity index is 1450. The van der Waals surface area contributed by atoms with Gasteiger partial charge >= 0.3 is 5.97 Å². The van der Waals surface area contributed by atoms with Crippen LogP contribution in [0.1, 0.15) is 48.8 Å². The molecule has 0 bridgehead atoms. The van der Waals surface area contributed by atoms with Crippen molar-refractivity contribution >= 4 is 23.0 Å². The number of morpholine rings is 1. The second-order valence-electron chi connectivity index (χ2n) is 9.41. The van der Waals surface area contributed by atoms with Crippen molar-refractivity contribution in [3.8, 4) is 17.3 Å². The lowest BCUT2D eigenvalue weighted by molar-refractivity contribution is -0.671. The second kappa shape index (κ2) is 9.55. The first-order valence-electron chi connectivity index (χ1n) is 12.9. The van der Waals surface area contributed by atoms with Crippen molar-refractivity contribution in [2.45, 2.75) is 39.2 Å². The number of rotatable bonds is 7. The molecule has 2 fully saturated rings. The summed E-state index contributed by atoms with van der Waals surface area (Å²) in [4.78, 5) is 30.0. The molecule has 11 heteroatoms. The van der Waals surface area contributed by atoms with Crippen LogP contribution >= 0.6 is 0 Å². The molecule has 1 saturated heterocycles. The van der Waals surface area contributed by atoms with E-state index in [4.69, 9.17) is 29.5 Å². The third-order valence-corrected chi connectivity index (χ3v) is 6.83. The number of carbonyl (C=O) groups is 1. The lowest BCUT2D eigenvalue weighted by atomic mass is 10.2. The molecule has 0 spiro atoms. The first-order chi connectivity index (χ1) is 18.1. The highest BCUT2D eigenvalue weighted by Crippen LogP contribution is 2.40. The van der Waals surface area contributed by atoms with Gasteiger partial charge in [-0.15, -0.1) is 0 Å². The average Bonchev–Trinajstić information content (AvgIpc) is 3.56. The lowest BCUT2D eigenvalue weighted by Gasteiger charge is -2.28. The zero-order chi connectivity index (χ0) is 25.5. The Labute approximate surface area is 214 Å². The number of hydrogen-bond donors (Lipinski definition) is 0. The summed E-state index contributed by atoms with van der Waals surface area (Å²) in [6, 6.07) is 5.92. The number of pyridine rings is 1. The molecular formula is C26H31N8O3+. The Balaban J connectivity index is 1.57. The highest BCUT2D eigenvalue weighted by molar-refractivity contribution is 5.90. The fourth-order valence-corrected chi connectivity index (χ4v) is 4.72. The van der Waals surface area contributed by atoms with Crippen LogP contribution in [-0.4, -0.2) is 68.2 Å². The Morgan fingerprint density at radius 1 is 1.14 bits per heavy atom. The number of aryl methyl sites for hydroxylation is 2. The molecule has 0 amide bonds. The average molecular weight is 504 g/mol. The zero-order valence-electron chi connectivity index (χ0n) is 21.4. The molecule has 1 saturated carbocycles. The molecule has 0 atom stereocenters. The molecule has 11 nitrogen and oxygen atoms in total. The number of imidazole rings is 1. The van der Waals surface area contributed by atoms with Crippen molar-refractivity contribution in [3.63, 3.8) is 0 Å². The fraction of sp³-hybridized carbons (Fsp3) is 0.462. The van der Waals surface area contributed by atoms with Crippen molar-refractivity contribution in [1.29, 1.82) is 0 Å². The van der Waals surface area contributed by atoms with Crippen LogP contribution in [0.5, 0.6) is 0 Å². The number of esters is 1. The van der Waals surface area contributed by atoms with Gasteiger partial charge in [0.05, 0.1) is 25.5 Å². The first kappa shape index (κ1) is 23.5. The van der Waals surface area contributed by atoms with Gasteiger partial charge in [-0.2, -0.15) is 19.7 Å². The van der Waals surface area contributed by atoms with Crippen LogP contribution in [0.3, 0.4) is 0 Å². The molecule has 0 N–H and O–H groups in total. The number of ether oxygens (including phenoxy) is 2. The maximum atomic E-state index is 12.9. The molecule has 6 rings (SSSR count). The minimum Gasteiger partial charge on any atom is -0.461 e. The van der Waals surface area contributed by atoms with E-state index in [1.165, 1.54) is 0 Å². The van der Waals surface area contributed by atoms with E-state index in [9.17, 15) is 4.79 Å². The van der Waals surface area contributed by atoms with Gasteiger partial charge in [0, 0.05) is 43.2 Å². The van der Waals surface area contributed by atoms with E-state index in [1.807, 2.05) is 42.2 Å². The van der Waals surface area contributed by atoms with Gasteiger partial charge < -0.3 is 18.9 Å². The third-order valence-electron chi connectivity index (χ3n) is 6.83. The highest BCUT2D eigenvalue weighted by atomic mass is 16.5. The van der Waals surface area contributed by atoms with Crippen molar-refractivity contribution in [1.82, 2.24) is 29.3 Å². The van der Waals surface area contributed by atoms with Gasteiger partial charge in [0.25, 0.3) is 5.95 Å². The Kier molecular flexibility index (Phi) is 6.07. The molecule has 0 aromatic carbocycles. The van der Waals surface area contributed by atoms with E-state index in [0.717, 1.165) is 41.3 Å². The number of anilines is 1. The van der Waals surface area contributed by atoms with E-state index in [2.05, 4.69) is 16.4 Å². The summed E-state index contributed by atoms with van der Waals surface area (Å²) in [5.74, 6) is 1.81. The maximum absolute atomic E-state index is 12.9. The Hall–Kier alpha value is -3.86. The standard InChI is InChI=1S/C26H31N8O3/c1-4-33-22(18-8-10-31(3)11-9-18)27-21-23(32-12-14-36-15-13-32)28-26(29-24(21)33)34-20(25(35)37-5-2)16-19(30-34)17-6-7-17/h8-11,16-17H,4-7,12-15H2,1-3H3/q+1. The first-order valence-corrected chi connectivity index (χ1v) is 12.9. The van der Waals surface area contributed by atoms with E-state index >= 15 is 0 Å². The predicted octanol–water partition coefficient (Wildman–Crippen LogP) is 2.41. The fourth-order valence-electron chi connectivity index (χ4n) is 4.72. The van der Waals surface area contributed by atoms with E-state index in [-0.39, 0.29) is 6.61 Å². The number of carbonyl (C=O) groups excluding carboxylic acids is 1. The Morgan fingerprint density at radius 2 is 1.89 bits per heavy atom. The number of aromatic nitrogens is 7. The summed E-state index contributed by atoms with van der Waals surface area (Å²) < 4.78 is 16.6. The van der Waals surface area contributed by atoms with Gasteiger partial charge in [-0.25, -0.2) is 14.3 Å². The van der Waals surface area contributed by atoms with E-state index < -0.39 is 5.97 Å². The summed E-state index contributed by atoms with van der Waals surface area (Å²) in [7, 11) is 1.99. The van der Waals surface area contributed by atoms with Gasteiger partial charge in [-0.05, 0) is 32.8 Å². The van der Waals surface area contributed by atoms with Crippen LogP contribution in [0.4, 0.5) is 5.82 Å². The summed E-state index contributed by atoms with van der Waals surface area (Å²) in [5, 5.41) is 4.78. The molecule has 0 unspecified atom stereocenters. The summed E-state index contributed by atoms with van der Waals surface area (Å²) in [6.45, 7) is 7.43. The molecule has 37 heavy (non-hydrogen) atoms. The highest BCUT2D eigenvalue weighted by Gasteiger charge is 2.31. The van der Waals surface area contributed by atoms with Crippen LogP contribution in [0, 0.1) is 0 Å². The normalized spacial score (nSPS) is 15.9. The van der Waals surface area contributed by atoms with Crippen LogP contribution in [-0.2, 0) is 23.1 Å². The quantitative estimate of drug-likeness (QED) is 0.280. The second-order valence-corrected chi connectivity index (χ2v) is 9.41. The van der Waals surface area contributed by atoms with Crippen molar-refractivity contribution in [3.05, 3.63) is 42.0 Å². The smallest absolute Gasteiger partial charge is 0.357 e. The van der Waals surface area contributed by atoms with Gasteiger partial charge in [0.1, 0.15) is 12.9 Å². The number of nitrogens with zero attached hydrogens (tertiary/aromatic N) is 8. The topological polar surface area (TPSA) is 104 Å². The molecule has 4 aromatic heterocycles. The largest absolute Gasteiger partial charge is 0.461 e. The minimum absolute atomic E-state index is 0.280. The van der Waals surface area contributed by atoms with Crippen molar-refractivity contribution in [2.75, 3.05) is 37.8 Å². The molecule has 1 aliphatic carbocycles. The monoisotopic (exact) mass is 503 g/mol.